The first-order valence-electron chi connectivity index (χ1n) is 5.28. The van der Waals surface area contributed by atoms with E-state index in [9.17, 15) is 4.79 Å². The van der Waals surface area contributed by atoms with Crippen LogP contribution in [0.15, 0.2) is 24.3 Å². The molecule has 0 aliphatic carbocycles. The van der Waals surface area contributed by atoms with Crippen molar-refractivity contribution in [2.45, 2.75) is 26.4 Å². The van der Waals surface area contributed by atoms with E-state index in [-0.39, 0.29) is 11.8 Å². The van der Waals surface area contributed by atoms with Crippen LogP contribution >= 0.6 is 11.6 Å². The second kappa shape index (κ2) is 5.87. The Morgan fingerprint density at radius 1 is 1.50 bits per heavy atom. The van der Waals surface area contributed by atoms with Crippen LogP contribution in [0, 0.1) is 5.92 Å². The quantitative estimate of drug-likeness (QED) is 0.845. The van der Waals surface area contributed by atoms with Gasteiger partial charge in [0.2, 0.25) is 5.91 Å². The zero-order valence-corrected chi connectivity index (χ0v) is 10.3. The Labute approximate surface area is 101 Å². The Morgan fingerprint density at radius 2 is 2.19 bits per heavy atom. The van der Waals surface area contributed by atoms with Crippen LogP contribution in [-0.2, 0) is 11.3 Å². The van der Waals surface area contributed by atoms with Crippen molar-refractivity contribution in [2.24, 2.45) is 11.7 Å². The van der Waals surface area contributed by atoms with Gasteiger partial charge in [0.1, 0.15) is 0 Å². The first-order chi connectivity index (χ1) is 7.50. The summed E-state index contributed by atoms with van der Waals surface area (Å²) in [5.41, 5.74) is 6.69. The summed E-state index contributed by atoms with van der Waals surface area (Å²) in [5.74, 6) is 0.00865. The fraction of sp³-hybridized carbons (Fsp3) is 0.417. The maximum atomic E-state index is 11.6. The van der Waals surface area contributed by atoms with E-state index < -0.39 is 6.04 Å². The molecule has 0 radical (unpaired) electrons. The van der Waals surface area contributed by atoms with Gasteiger partial charge < -0.3 is 11.1 Å². The highest BCUT2D eigenvalue weighted by molar-refractivity contribution is 6.30. The van der Waals surface area contributed by atoms with Crippen LogP contribution in [0.2, 0.25) is 5.02 Å². The SMILES string of the molecule is CC(C)[C@@H](N)C(=O)NCc1cccc(Cl)c1. The fourth-order valence-electron chi connectivity index (χ4n) is 1.26. The van der Waals surface area contributed by atoms with Crippen LogP contribution in [-0.4, -0.2) is 11.9 Å². The zero-order valence-electron chi connectivity index (χ0n) is 9.53. The molecule has 1 amide bonds. The van der Waals surface area contributed by atoms with Gasteiger partial charge >= 0.3 is 0 Å². The van der Waals surface area contributed by atoms with Crippen molar-refractivity contribution < 1.29 is 4.79 Å². The van der Waals surface area contributed by atoms with Crippen LogP contribution in [0.5, 0.6) is 0 Å². The summed E-state index contributed by atoms with van der Waals surface area (Å²) in [6.07, 6.45) is 0. The third-order valence-electron chi connectivity index (χ3n) is 2.38. The fourth-order valence-corrected chi connectivity index (χ4v) is 1.47. The molecule has 3 nitrogen and oxygen atoms in total. The van der Waals surface area contributed by atoms with Crippen LogP contribution in [0.25, 0.3) is 0 Å². The summed E-state index contributed by atoms with van der Waals surface area (Å²) < 4.78 is 0. The number of carbonyl (C=O) groups is 1. The second-order valence-corrected chi connectivity index (χ2v) is 4.55. The van der Waals surface area contributed by atoms with Gasteiger partial charge in [-0.15, -0.1) is 0 Å². The third kappa shape index (κ3) is 3.83. The highest BCUT2D eigenvalue weighted by Crippen LogP contribution is 2.10. The lowest BCUT2D eigenvalue weighted by atomic mass is 10.0. The summed E-state index contributed by atoms with van der Waals surface area (Å²) in [4.78, 5) is 11.6. The standard InChI is InChI=1S/C12H17ClN2O/c1-8(2)11(14)12(16)15-7-9-4-3-5-10(13)6-9/h3-6,8,11H,7,14H2,1-2H3,(H,15,16)/t11-/m1/s1. The van der Waals surface area contributed by atoms with Gasteiger partial charge in [0.15, 0.2) is 0 Å². The molecular formula is C12H17ClN2O. The summed E-state index contributed by atoms with van der Waals surface area (Å²) in [7, 11) is 0. The Kier molecular flexibility index (Phi) is 4.77. The number of benzene rings is 1. The average Bonchev–Trinajstić information content (AvgIpc) is 2.24. The van der Waals surface area contributed by atoms with Crippen LogP contribution in [0.4, 0.5) is 0 Å². The van der Waals surface area contributed by atoms with Crippen LogP contribution < -0.4 is 11.1 Å². The normalized spacial score (nSPS) is 12.6. The minimum Gasteiger partial charge on any atom is -0.351 e. The number of amides is 1. The molecule has 0 saturated carbocycles. The Bertz CT molecular complexity index is 366. The van der Waals surface area contributed by atoms with E-state index in [1.165, 1.54) is 0 Å². The van der Waals surface area contributed by atoms with E-state index in [1.54, 1.807) is 6.07 Å². The lowest BCUT2D eigenvalue weighted by Crippen LogP contribution is -2.43. The molecule has 1 aromatic carbocycles. The van der Waals surface area contributed by atoms with Crippen molar-refractivity contribution in [2.75, 3.05) is 0 Å². The zero-order chi connectivity index (χ0) is 12.1. The van der Waals surface area contributed by atoms with Crippen molar-refractivity contribution in [3.8, 4) is 0 Å². The number of carbonyl (C=O) groups excluding carboxylic acids is 1. The molecule has 0 fully saturated rings. The summed E-state index contributed by atoms with van der Waals surface area (Å²) >= 11 is 5.84. The Hall–Kier alpha value is -1.06. The van der Waals surface area contributed by atoms with Gasteiger partial charge in [0, 0.05) is 11.6 Å². The lowest BCUT2D eigenvalue weighted by molar-refractivity contribution is -0.123. The lowest BCUT2D eigenvalue weighted by Gasteiger charge is -2.15. The molecule has 0 aliphatic heterocycles. The minimum atomic E-state index is -0.459. The van der Waals surface area contributed by atoms with E-state index in [1.807, 2.05) is 32.0 Å². The molecule has 3 N–H and O–H groups in total. The van der Waals surface area contributed by atoms with Crippen molar-refractivity contribution in [3.63, 3.8) is 0 Å². The molecule has 16 heavy (non-hydrogen) atoms. The van der Waals surface area contributed by atoms with E-state index >= 15 is 0 Å². The molecule has 0 bridgehead atoms. The molecule has 0 saturated heterocycles. The largest absolute Gasteiger partial charge is 0.351 e. The maximum Gasteiger partial charge on any atom is 0.237 e. The maximum absolute atomic E-state index is 11.6. The number of rotatable bonds is 4. The van der Waals surface area contributed by atoms with Gasteiger partial charge in [-0.3, -0.25) is 4.79 Å². The predicted molar refractivity (Wildman–Crippen MR) is 66.1 cm³/mol. The van der Waals surface area contributed by atoms with Crippen LogP contribution in [0.1, 0.15) is 19.4 Å². The summed E-state index contributed by atoms with van der Waals surface area (Å²) in [6.45, 7) is 4.30. The van der Waals surface area contributed by atoms with Gasteiger partial charge in [-0.2, -0.15) is 0 Å². The number of nitrogens with one attached hydrogen (secondary N) is 1. The molecule has 0 aromatic heterocycles. The topological polar surface area (TPSA) is 55.1 Å². The highest BCUT2D eigenvalue weighted by Gasteiger charge is 2.16. The molecule has 4 heteroatoms. The molecule has 0 heterocycles. The first-order valence-corrected chi connectivity index (χ1v) is 5.66. The third-order valence-corrected chi connectivity index (χ3v) is 2.61. The van der Waals surface area contributed by atoms with E-state index in [0.717, 1.165) is 5.56 Å². The Morgan fingerprint density at radius 3 is 2.75 bits per heavy atom. The molecule has 1 aromatic rings. The minimum absolute atomic E-state index is 0.130. The molecule has 1 rings (SSSR count). The number of halogens is 1. The number of hydrogen-bond donors (Lipinski definition) is 2. The second-order valence-electron chi connectivity index (χ2n) is 4.12. The van der Waals surface area contributed by atoms with Gasteiger partial charge in [0.05, 0.1) is 6.04 Å². The highest BCUT2D eigenvalue weighted by atomic mass is 35.5. The molecule has 0 spiro atoms. The molecule has 1 atom stereocenters. The molecule has 88 valence electrons. The molecular weight excluding hydrogens is 224 g/mol. The Balaban J connectivity index is 2.49. The van der Waals surface area contributed by atoms with Crippen molar-refractivity contribution >= 4 is 17.5 Å². The van der Waals surface area contributed by atoms with Gasteiger partial charge in [-0.05, 0) is 23.6 Å². The van der Waals surface area contributed by atoms with Gasteiger partial charge in [-0.1, -0.05) is 37.6 Å². The first kappa shape index (κ1) is 13.0. The van der Waals surface area contributed by atoms with Crippen molar-refractivity contribution in [1.82, 2.24) is 5.32 Å². The van der Waals surface area contributed by atoms with E-state index in [0.29, 0.717) is 11.6 Å². The van der Waals surface area contributed by atoms with E-state index in [2.05, 4.69) is 5.32 Å². The van der Waals surface area contributed by atoms with Crippen LogP contribution in [0.3, 0.4) is 0 Å². The predicted octanol–water partition coefficient (Wildman–Crippen LogP) is 1.94. The van der Waals surface area contributed by atoms with E-state index in [4.69, 9.17) is 17.3 Å². The summed E-state index contributed by atoms with van der Waals surface area (Å²) in [6, 6.07) is 6.92. The van der Waals surface area contributed by atoms with Crippen molar-refractivity contribution in [3.05, 3.63) is 34.9 Å². The molecule has 0 aliphatic rings. The van der Waals surface area contributed by atoms with Gasteiger partial charge in [-0.25, -0.2) is 0 Å². The monoisotopic (exact) mass is 240 g/mol. The van der Waals surface area contributed by atoms with Gasteiger partial charge in [0.25, 0.3) is 0 Å². The number of hydrogen-bond acceptors (Lipinski definition) is 2. The summed E-state index contributed by atoms with van der Waals surface area (Å²) in [5, 5.41) is 3.45. The van der Waals surface area contributed by atoms with Crippen molar-refractivity contribution in [1.29, 1.82) is 0 Å². The average molecular weight is 241 g/mol. The molecule has 0 unspecified atom stereocenters. The smallest absolute Gasteiger partial charge is 0.237 e. The number of nitrogens with two attached hydrogens (primary N) is 1.